The molecule has 3 heterocycles. The van der Waals surface area contributed by atoms with E-state index >= 15 is 0 Å². The van der Waals surface area contributed by atoms with Crippen LogP contribution in [0.2, 0.25) is 25.7 Å². The van der Waals surface area contributed by atoms with E-state index in [9.17, 15) is 9.41 Å². The molecule has 1 aromatic carbocycles. The summed E-state index contributed by atoms with van der Waals surface area (Å²) in [5.74, 6) is -0.329. The van der Waals surface area contributed by atoms with Crippen molar-refractivity contribution in [2.45, 2.75) is 50.8 Å². The molecule has 0 fully saturated rings. The molecule has 1 N–H and O–H groups in total. The third-order valence-corrected chi connectivity index (χ3v) is 7.48. The highest BCUT2D eigenvalue weighted by molar-refractivity contribution is 9.08. The van der Waals surface area contributed by atoms with Crippen LogP contribution in [0.5, 0.6) is 0 Å². The average Bonchev–Trinajstić information content (AvgIpc) is 3.41. The molecule has 0 aliphatic carbocycles. The SMILES string of the molecule is C[C@H]1OB(O)c2ccnn2-c2ccc(F)cc21.C[Si](C)(C)CCOCn1nc(CBr)cc1C#N. The second kappa shape index (κ2) is 11.4. The molecule has 180 valence electrons. The third-order valence-electron chi connectivity index (χ3n) is 5.21. The van der Waals surface area contributed by atoms with Crippen molar-refractivity contribution in [2.75, 3.05) is 6.61 Å². The molecule has 8 nitrogen and oxygen atoms in total. The summed E-state index contributed by atoms with van der Waals surface area (Å²) in [5.41, 5.74) is 3.35. The van der Waals surface area contributed by atoms with Gasteiger partial charge in [-0.25, -0.2) is 13.8 Å². The van der Waals surface area contributed by atoms with Crippen LogP contribution < -0.4 is 5.59 Å². The van der Waals surface area contributed by atoms with Gasteiger partial charge in [-0.1, -0.05) is 35.6 Å². The number of benzene rings is 1. The quantitative estimate of drug-likeness (QED) is 0.287. The maximum atomic E-state index is 13.3. The van der Waals surface area contributed by atoms with Gasteiger partial charge in [-0.3, -0.25) is 0 Å². The molecular weight excluding hydrogens is 520 g/mol. The Hall–Kier alpha value is -2.30. The van der Waals surface area contributed by atoms with Gasteiger partial charge in [0.2, 0.25) is 0 Å². The molecule has 4 rings (SSSR count). The van der Waals surface area contributed by atoms with E-state index in [1.54, 1.807) is 40.7 Å². The fraction of sp³-hybridized carbons (Fsp3) is 0.409. The molecule has 0 saturated carbocycles. The molecular formula is C22H28BBrFN5O3Si. The smallest absolute Gasteiger partial charge is 0.422 e. The van der Waals surface area contributed by atoms with Crippen molar-refractivity contribution in [3.8, 4) is 11.8 Å². The minimum absolute atomic E-state index is 0.329. The number of alkyl halides is 1. The number of rotatable bonds is 6. The average molecular weight is 548 g/mol. The van der Waals surface area contributed by atoms with Crippen LogP contribution in [0.3, 0.4) is 0 Å². The third kappa shape index (κ3) is 6.64. The van der Waals surface area contributed by atoms with Crippen LogP contribution in [0.1, 0.15) is 30.0 Å². The van der Waals surface area contributed by atoms with Crippen LogP contribution in [-0.2, 0) is 21.5 Å². The Morgan fingerprint density at radius 2 is 2.09 bits per heavy atom. The Balaban J connectivity index is 0.000000191. The molecule has 0 radical (unpaired) electrons. The zero-order valence-electron chi connectivity index (χ0n) is 19.7. The number of fused-ring (bicyclic) bond motifs is 3. The van der Waals surface area contributed by atoms with Gasteiger partial charge in [0, 0.05) is 31.8 Å². The van der Waals surface area contributed by atoms with Gasteiger partial charge in [-0.2, -0.15) is 15.5 Å². The van der Waals surface area contributed by atoms with E-state index in [-0.39, 0.29) is 5.82 Å². The van der Waals surface area contributed by atoms with Crippen LogP contribution in [0.4, 0.5) is 4.39 Å². The van der Waals surface area contributed by atoms with E-state index in [4.69, 9.17) is 14.7 Å². The number of nitriles is 1. The topological polar surface area (TPSA) is 98.1 Å². The Bertz CT molecular complexity index is 1160. The van der Waals surface area contributed by atoms with Gasteiger partial charge < -0.3 is 14.4 Å². The van der Waals surface area contributed by atoms with Crippen LogP contribution in [0, 0.1) is 17.1 Å². The van der Waals surface area contributed by atoms with Crippen molar-refractivity contribution < 1.29 is 18.8 Å². The molecule has 12 heteroatoms. The van der Waals surface area contributed by atoms with Gasteiger partial charge in [-0.05, 0) is 43.3 Å². The van der Waals surface area contributed by atoms with Crippen molar-refractivity contribution in [2.24, 2.45) is 0 Å². The highest BCUT2D eigenvalue weighted by Gasteiger charge is 2.30. The van der Waals surface area contributed by atoms with Crippen molar-refractivity contribution in [3.63, 3.8) is 0 Å². The number of hydrogen-bond acceptors (Lipinski definition) is 6. The Kier molecular flexibility index (Phi) is 8.84. The Morgan fingerprint density at radius 1 is 1.32 bits per heavy atom. The number of aromatic nitrogens is 4. The molecule has 0 unspecified atom stereocenters. The lowest BCUT2D eigenvalue weighted by Crippen LogP contribution is -2.37. The molecule has 34 heavy (non-hydrogen) atoms. The highest BCUT2D eigenvalue weighted by Crippen LogP contribution is 2.27. The lowest BCUT2D eigenvalue weighted by Gasteiger charge is -2.15. The fourth-order valence-corrected chi connectivity index (χ4v) is 4.37. The van der Waals surface area contributed by atoms with E-state index in [2.05, 4.69) is 51.8 Å². The normalized spacial score (nSPS) is 15.0. The zero-order chi connectivity index (χ0) is 24.9. The number of nitrogens with zero attached hydrogens (tertiary/aromatic N) is 5. The number of hydrogen-bond donors (Lipinski definition) is 1. The maximum absolute atomic E-state index is 13.3. The minimum atomic E-state index is -1.05. The lowest BCUT2D eigenvalue weighted by molar-refractivity contribution is 0.0777. The van der Waals surface area contributed by atoms with Crippen LogP contribution in [0.15, 0.2) is 36.5 Å². The van der Waals surface area contributed by atoms with E-state index in [0.717, 1.165) is 24.0 Å². The number of ether oxygens (including phenoxy) is 1. The first-order valence-corrected chi connectivity index (χ1v) is 15.7. The summed E-state index contributed by atoms with van der Waals surface area (Å²) >= 11 is 3.32. The molecule has 0 spiro atoms. The van der Waals surface area contributed by atoms with Crippen LogP contribution >= 0.6 is 15.9 Å². The van der Waals surface area contributed by atoms with Gasteiger partial charge in [0.25, 0.3) is 0 Å². The summed E-state index contributed by atoms with van der Waals surface area (Å²) < 4.78 is 27.4. The molecule has 0 saturated heterocycles. The summed E-state index contributed by atoms with van der Waals surface area (Å²) in [6.07, 6.45) is 1.18. The van der Waals surface area contributed by atoms with Gasteiger partial charge >= 0.3 is 7.12 Å². The largest absolute Gasteiger partial charge is 0.511 e. The molecule has 1 atom stereocenters. The second-order valence-corrected chi connectivity index (χ2v) is 15.3. The fourth-order valence-electron chi connectivity index (χ4n) is 3.34. The Morgan fingerprint density at radius 3 is 2.76 bits per heavy atom. The van der Waals surface area contributed by atoms with Gasteiger partial charge in [0.15, 0.2) is 0 Å². The van der Waals surface area contributed by atoms with Crippen molar-refractivity contribution in [3.05, 3.63) is 59.3 Å². The first kappa shape index (κ1) is 26.3. The maximum Gasteiger partial charge on any atom is 0.511 e. The summed E-state index contributed by atoms with van der Waals surface area (Å²) in [6.45, 7) is 9.81. The van der Waals surface area contributed by atoms with E-state index < -0.39 is 21.3 Å². The first-order valence-electron chi connectivity index (χ1n) is 10.9. The highest BCUT2D eigenvalue weighted by atomic mass is 79.9. The Labute approximate surface area is 208 Å². The van der Waals surface area contributed by atoms with Gasteiger partial charge in [0.1, 0.15) is 24.3 Å². The standard InChI is InChI=1S/C11H10BFN2O2.C11H18BrN3OSi/c1-7-9-6-8(13)2-3-10(9)15-11(4-5-14-15)12(16)17-7;1-17(2,3)5-4-16-9-15-11(8-13)6-10(7-12)14-15/h2-7,16H,1H3;6H,4-5,7,9H2,1-3H3/t7-;/m1./s1. The van der Waals surface area contributed by atoms with Gasteiger partial charge in [-0.15, -0.1) is 0 Å². The second-order valence-electron chi connectivity index (χ2n) is 9.12. The molecule has 0 amide bonds. The summed E-state index contributed by atoms with van der Waals surface area (Å²) in [4.78, 5) is 0. The van der Waals surface area contributed by atoms with E-state index in [0.29, 0.717) is 28.9 Å². The zero-order valence-corrected chi connectivity index (χ0v) is 22.3. The predicted octanol–water partition coefficient (Wildman–Crippen LogP) is 3.75. The monoisotopic (exact) mass is 547 g/mol. The number of halogens is 2. The van der Waals surface area contributed by atoms with Crippen molar-refractivity contribution >= 4 is 36.7 Å². The molecule has 2 aromatic heterocycles. The van der Waals surface area contributed by atoms with Crippen molar-refractivity contribution in [1.29, 1.82) is 5.26 Å². The molecule has 1 aliphatic rings. The summed E-state index contributed by atoms with van der Waals surface area (Å²) in [7, 11) is -2.10. The predicted molar refractivity (Wildman–Crippen MR) is 134 cm³/mol. The van der Waals surface area contributed by atoms with Crippen LogP contribution in [-0.4, -0.2) is 46.4 Å². The first-order chi connectivity index (χ1) is 16.1. The van der Waals surface area contributed by atoms with Gasteiger partial charge in [0.05, 0.1) is 23.1 Å². The molecule has 0 bridgehead atoms. The van der Waals surface area contributed by atoms with E-state index in [1.807, 2.05) is 0 Å². The van der Waals surface area contributed by atoms with Crippen molar-refractivity contribution in [1.82, 2.24) is 19.6 Å². The summed E-state index contributed by atoms with van der Waals surface area (Å²) in [5, 5.41) is 27.9. The van der Waals surface area contributed by atoms with E-state index in [1.165, 1.54) is 12.1 Å². The molecule has 3 aromatic rings. The lowest BCUT2D eigenvalue weighted by atomic mass is 9.85. The van der Waals surface area contributed by atoms with Crippen LogP contribution in [0.25, 0.3) is 5.69 Å². The molecule has 1 aliphatic heterocycles. The minimum Gasteiger partial charge on any atom is -0.422 e. The summed E-state index contributed by atoms with van der Waals surface area (Å²) in [6, 6.07) is 11.1.